The number of guanidine groups is 1. The quantitative estimate of drug-likeness (QED) is 0.662. The first-order valence-electron chi connectivity index (χ1n) is 8.42. The number of nitrogens with one attached hydrogen (secondary N) is 1. The van der Waals surface area contributed by atoms with Crippen LogP contribution in [0.25, 0.3) is 0 Å². The monoisotopic (exact) mass is 318 g/mol. The zero-order chi connectivity index (χ0) is 16.2. The number of amides is 1. The predicted molar refractivity (Wildman–Crippen MR) is 90.5 cm³/mol. The Morgan fingerprint density at radius 3 is 2.78 bits per heavy atom. The van der Waals surface area contributed by atoms with Gasteiger partial charge in [-0.1, -0.05) is 12.8 Å². The van der Waals surface area contributed by atoms with Crippen LogP contribution in [-0.4, -0.2) is 59.8 Å². The zero-order valence-corrected chi connectivity index (χ0v) is 14.0. The van der Waals surface area contributed by atoms with Crippen molar-refractivity contribution < 1.29 is 4.79 Å². The average Bonchev–Trinajstić information content (AvgIpc) is 3.20. The second-order valence-electron chi connectivity index (χ2n) is 6.42. The lowest BCUT2D eigenvalue weighted by molar-refractivity contribution is -0.120. The van der Waals surface area contributed by atoms with Gasteiger partial charge in [0.1, 0.15) is 6.54 Å². The number of hydrogen-bond acceptors (Lipinski definition) is 3. The van der Waals surface area contributed by atoms with Crippen LogP contribution < -0.4 is 10.2 Å². The van der Waals surface area contributed by atoms with E-state index in [1.54, 1.807) is 22.8 Å². The molecule has 1 aromatic heterocycles. The summed E-state index contributed by atoms with van der Waals surface area (Å²) in [5.74, 6) is 1.68. The maximum absolute atomic E-state index is 12.5. The van der Waals surface area contributed by atoms with Gasteiger partial charge in [0, 0.05) is 39.9 Å². The lowest BCUT2D eigenvalue weighted by Crippen LogP contribution is -2.55. The van der Waals surface area contributed by atoms with E-state index in [-0.39, 0.29) is 5.91 Å². The molecular formula is C16H26N6O. The van der Waals surface area contributed by atoms with Gasteiger partial charge in [0.05, 0.1) is 11.9 Å². The normalized spacial score (nSPS) is 20.4. The molecule has 0 bridgehead atoms. The minimum absolute atomic E-state index is 0.0908. The summed E-state index contributed by atoms with van der Waals surface area (Å²) >= 11 is 0. The van der Waals surface area contributed by atoms with Crippen molar-refractivity contribution in [1.82, 2.24) is 20.0 Å². The van der Waals surface area contributed by atoms with Gasteiger partial charge in [0.15, 0.2) is 5.96 Å². The summed E-state index contributed by atoms with van der Waals surface area (Å²) in [7, 11) is 3.65. The fraction of sp³-hybridized carbons (Fsp3) is 0.688. The van der Waals surface area contributed by atoms with Gasteiger partial charge in [0.25, 0.3) is 0 Å². The molecule has 23 heavy (non-hydrogen) atoms. The molecule has 2 aliphatic rings. The van der Waals surface area contributed by atoms with Crippen molar-refractivity contribution >= 4 is 17.6 Å². The molecule has 1 N–H and O–H groups in total. The molecule has 1 saturated carbocycles. The van der Waals surface area contributed by atoms with E-state index in [1.165, 1.54) is 25.7 Å². The molecule has 1 amide bonds. The molecule has 1 aliphatic heterocycles. The Hall–Kier alpha value is -2.05. The van der Waals surface area contributed by atoms with Gasteiger partial charge < -0.3 is 15.1 Å². The molecular weight excluding hydrogens is 292 g/mol. The first-order valence-corrected chi connectivity index (χ1v) is 8.42. The first kappa shape index (κ1) is 15.8. The predicted octanol–water partition coefficient (Wildman–Crippen LogP) is 0.834. The SMILES string of the molecule is CN=C(NCC1CCCC1)N1CCN(c2cnn(C)c2)C(=O)C1. The van der Waals surface area contributed by atoms with Crippen molar-refractivity contribution in [2.75, 3.05) is 38.1 Å². The Balaban J connectivity index is 1.56. The molecule has 1 aliphatic carbocycles. The summed E-state index contributed by atoms with van der Waals surface area (Å²) in [5, 5.41) is 7.59. The molecule has 0 atom stereocenters. The molecule has 126 valence electrons. The summed E-state index contributed by atoms with van der Waals surface area (Å²) in [4.78, 5) is 20.7. The van der Waals surface area contributed by atoms with E-state index in [1.807, 2.05) is 18.1 Å². The Morgan fingerprint density at radius 2 is 2.17 bits per heavy atom. The van der Waals surface area contributed by atoms with Crippen molar-refractivity contribution in [3.05, 3.63) is 12.4 Å². The topological polar surface area (TPSA) is 65.8 Å². The Bertz CT molecular complexity index is 575. The number of carbonyl (C=O) groups excluding carboxylic acids is 1. The van der Waals surface area contributed by atoms with Crippen LogP contribution >= 0.6 is 0 Å². The Labute approximate surface area is 137 Å². The maximum Gasteiger partial charge on any atom is 0.246 e. The third-order valence-corrected chi connectivity index (χ3v) is 4.76. The summed E-state index contributed by atoms with van der Waals surface area (Å²) in [6.45, 7) is 2.77. The van der Waals surface area contributed by atoms with Gasteiger partial charge in [0.2, 0.25) is 5.91 Å². The molecule has 0 radical (unpaired) electrons. The van der Waals surface area contributed by atoms with Gasteiger partial charge >= 0.3 is 0 Å². The Morgan fingerprint density at radius 1 is 1.39 bits per heavy atom. The Kier molecular flexibility index (Phi) is 4.83. The van der Waals surface area contributed by atoms with Crippen molar-refractivity contribution in [1.29, 1.82) is 0 Å². The number of nitrogens with zero attached hydrogens (tertiary/aromatic N) is 5. The number of aliphatic imine (C=N–C) groups is 1. The fourth-order valence-electron chi connectivity index (χ4n) is 3.46. The number of anilines is 1. The van der Waals surface area contributed by atoms with E-state index in [9.17, 15) is 4.79 Å². The number of aromatic nitrogens is 2. The number of hydrogen-bond donors (Lipinski definition) is 1. The van der Waals surface area contributed by atoms with Crippen LogP contribution in [0.4, 0.5) is 5.69 Å². The number of rotatable bonds is 3. The van der Waals surface area contributed by atoms with Gasteiger partial charge in [-0.05, 0) is 18.8 Å². The van der Waals surface area contributed by atoms with Crippen molar-refractivity contribution in [3.63, 3.8) is 0 Å². The maximum atomic E-state index is 12.5. The minimum Gasteiger partial charge on any atom is -0.356 e. The summed E-state index contributed by atoms with van der Waals surface area (Å²) < 4.78 is 1.72. The van der Waals surface area contributed by atoms with Crippen LogP contribution in [0, 0.1) is 5.92 Å². The molecule has 1 aromatic rings. The van der Waals surface area contributed by atoms with E-state index in [0.29, 0.717) is 13.1 Å². The summed E-state index contributed by atoms with van der Waals surface area (Å²) in [5.41, 5.74) is 0.867. The van der Waals surface area contributed by atoms with E-state index in [0.717, 1.165) is 30.7 Å². The molecule has 0 spiro atoms. The number of carbonyl (C=O) groups is 1. The van der Waals surface area contributed by atoms with Crippen LogP contribution in [0.3, 0.4) is 0 Å². The second-order valence-corrected chi connectivity index (χ2v) is 6.42. The molecule has 1 saturated heterocycles. The van der Waals surface area contributed by atoms with E-state index < -0.39 is 0 Å². The van der Waals surface area contributed by atoms with Crippen LogP contribution in [0.2, 0.25) is 0 Å². The first-order chi connectivity index (χ1) is 11.2. The van der Waals surface area contributed by atoms with Crippen LogP contribution in [0.1, 0.15) is 25.7 Å². The average molecular weight is 318 g/mol. The standard InChI is InChI=1S/C16H26N6O/c1-17-16(18-9-13-5-3-4-6-13)21-7-8-22(15(23)12-21)14-10-19-20(2)11-14/h10-11,13H,3-9,12H2,1-2H3,(H,17,18). The third-order valence-electron chi connectivity index (χ3n) is 4.76. The lowest BCUT2D eigenvalue weighted by Gasteiger charge is -2.35. The molecule has 2 heterocycles. The molecule has 7 nitrogen and oxygen atoms in total. The second kappa shape index (κ2) is 7.02. The minimum atomic E-state index is 0.0908. The van der Waals surface area contributed by atoms with E-state index >= 15 is 0 Å². The molecule has 3 rings (SSSR count). The van der Waals surface area contributed by atoms with Crippen molar-refractivity contribution in [3.8, 4) is 0 Å². The number of piperazine rings is 1. The van der Waals surface area contributed by atoms with Crippen LogP contribution in [-0.2, 0) is 11.8 Å². The summed E-state index contributed by atoms with van der Waals surface area (Å²) in [6, 6.07) is 0. The lowest BCUT2D eigenvalue weighted by atomic mass is 10.1. The highest BCUT2D eigenvalue weighted by molar-refractivity contribution is 5.98. The van der Waals surface area contributed by atoms with E-state index in [4.69, 9.17) is 0 Å². The molecule has 0 aromatic carbocycles. The summed E-state index contributed by atoms with van der Waals surface area (Å²) in [6.07, 6.45) is 8.90. The fourth-order valence-corrected chi connectivity index (χ4v) is 3.46. The van der Waals surface area contributed by atoms with Crippen molar-refractivity contribution in [2.45, 2.75) is 25.7 Å². The van der Waals surface area contributed by atoms with Gasteiger partial charge in [-0.25, -0.2) is 0 Å². The van der Waals surface area contributed by atoms with Gasteiger partial charge in [-0.15, -0.1) is 0 Å². The largest absolute Gasteiger partial charge is 0.356 e. The zero-order valence-electron chi connectivity index (χ0n) is 14.0. The van der Waals surface area contributed by atoms with Crippen molar-refractivity contribution in [2.24, 2.45) is 18.0 Å². The highest BCUT2D eigenvalue weighted by atomic mass is 16.2. The van der Waals surface area contributed by atoms with E-state index in [2.05, 4.69) is 15.4 Å². The highest BCUT2D eigenvalue weighted by Gasteiger charge is 2.28. The number of aryl methyl sites for hydroxylation is 1. The van der Waals surface area contributed by atoms with Crippen LogP contribution in [0.5, 0.6) is 0 Å². The van der Waals surface area contributed by atoms with Crippen LogP contribution in [0.15, 0.2) is 17.4 Å². The third kappa shape index (κ3) is 3.65. The molecule has 0 unspecified atom stereocenters. The molecule has 2 fully saturated rings. The van der Waals surface area contributed by atoms with Gasteiger partial charge in [-0.3, -0.25) is 14.5 Å². The van der Waals surface area contributed by atoms with Gasteiger partial charge in [-0.2, -0.15) is 5.10 Å². The smallest absolute Gasteiger partial charge is 0.246 e. The molecule has 7 heteroatoms. The highest BCUT2D eigenvalue weighted by Crippen LogP contribution is 2.23.